The molecular weight excluding hydrogens is 344 g/mol. The van der Waals surface area contributed by atoms with Crippen LogP contribution in [0.3, 0.4) is 0 Å². The van der Waals surface area contributed by atoms with Gasteiger partial charge in [0.2, 0.25) is 0 Å². The topological polar surface area (TPSA) is 53.5 Å². The Morgan fingerprint density at radius 2 is 2.04 bits per heavy atom. The average molecular weight is 375 g/mol. The highest BCUT2D eigenvalue weighted by molar-refractivity contribution is 7.80. The fraction of sp³-hybridized carbons (Fsp3) is 0.667. The predicted octanol–water partition coefficient (Wildman–Crippen LogP) is 2.94. The van der Waals surface area contributed by atoms with Crippen molar-refractivity contribution < 1.29 is 9.84 Å². The molecule has 2 aliphatic carbocycles. The van der Waals surface area contributed by atoms with Gasteiger partial charge in [0.1, 0.15) is 6.10 Å². The molecule has 1 heterocycles. The van der Waals surface area contributed by atoms with Crippen molar-refractivity contribution in [1.29, 1.82) is 0 Å². The van der Waals surface area contributed by atoms with Gasteiger partial charge in [-0.15, -0.1) is 0 Å². The van der Waals surface area contributed by atoms with E-state index in [-0.39, 0.29) is 11.5 Å². The number of rotatable bonds is 2. The van der Waals surface area contributed by atoms with Crippen LogP contribution in [0.5, 0.6) is 0 Å². The number of aliphatic hydroxyl groups excluding tert-OH is 1. The van der Waals surface area contributed by atoms with Crippen LogP contribution in [-0.4, -0.2) is 35.6 Å². The number of benzene rings is 1. The molecule has 0 bridgehead atoms. The molecule has 26 heavy (non-hydrogen) atoms. The summed E-state index contributed by atoms with van der Waals surface area (Å²) in [6.45, 7) is 4.24. The molecule has 1 saturated heterocycles. The summed E-state index contributed by atoms with van der Waals surface area (Å²) in [6.07, 6.45) is 5.83. The lowest BCUT2D eigenvalue weighted by molar-refractivity contribution is -0.0809. The van der Waals surface area contributed by atoms with Crippen LogP contribution in [0.2, 0.25) is 0 Å². The molecule has 3 aliphatic rings. The van der Waals surface area contributed by atoms with Gasteiger partial charge in [-0.05, 0) is 68.8 Å². The van der Waals surface area contributed by atoms with Crippen molar-refractivity contribution in [2.45, 2.75) is 76.2 Å². The second kappa shape index (κ2) is 6.47. The van der Waals surface area contributed by atoms with Gasteiger partial charge in [0.05, 0.1) is 17.7 Å². The molecule has 142 valence electrons. The zero-order valence-electron chi connectivity index (χ0n) is 16.0. The van der Waals surface area contributed by atoms with Crippen LogP contribution in [0.1, 0.15) is 55.7 Å². The summed E-state index contributed by atoms with van der Waals surface area (Å²) >= 11 is 5.61. The standard InChI is InChI=1S/C21H30N2O2S/c1-4-17-18(24)21(23-19(26)22-17)16-11-13(2)5-6-14(16)12-20(21)9-7-15(25-3)8-10-20/h5-6,11,15,17-18,24H,4,7-10,12H2,1-3H3,(H2,22,23,26). The number of thiocarbonyl (C=S) groups is 1. The summed E-state index contributed by atoms with van der Waals surface area (Å²) in [4.78, 5) is 0. The van der Waals surface area contributed by atoms with Gasteiger partial charge in [0.25, 0.3) is 0 Å². The zero-order valence-corrected chi connectivity index (χ0v) is 16.8. The van der Waals surface area contributed by atoms with E-state index in [1.54, 1.807) is 0 Å². The van der Waals surface area contributed by atoms with Crippen LogP contribution in [0.4, 0.5) is 0 Å². The largest absolute Gasteiger partial charge is 0.388 e. The van der Waals surface area contributed by atoms with E-state index < -0.39 is 11.6 Å². The SMILES string of the molecule is CCC1NC(=S)NC2(c3cc(C)ccc3CC23CCC(OC)CC3)C1O. The highest BCUT2D eigenvalue weighted by atomic mass is 32.1. The number of aliphatic hydroxyl groups is 1. The number of hydrogen-bond donors (Lipinski definition) is 3. The van der Waals surface area contributed by atoms with Gasteiger partial charge < -0.3 is 20.5 Å². The van der Waals surface area contributed by atoms with Gasteiger partial charge in [0.15, 0.2) is 5.11 Å². The molecule has 0 radical (unpaired) electrons. The lowest BCUT2D eigenvalue weighted by Crippen LogP contribution is -2.73. The van der Waals surface area contributed by atoms with Crippen LogP contribution in [0, 0.1) is 12.3 Å². The number of aryl methyl sites for hydroxylation is 1. The molecule has 4 nitrogen and oxygen atoms in total. The molecule has 3 atom stereocenters. The first-order valence-corrected chi connectivity index (χ1v) is 10.3. The molecule has 0 aromatic heterocycles. The lowest BCUT2D eigenvalue weighted by atomic mass is 9.58. The first-order valence-electron chi connectivity index (χ1n) is 9.85. The van der Waals surface area contributed by atoms with Crippen LogP contribution in [0.25, 0.3) is 0 Å². The summed E-state index contributed by atoms with van der Waals surface area (Å²) in [6, 6.07) is 6.69. The Bertz CT molecular complexity index is 714. The van der Waals surface area contributed by atoms with Crippen LogP contribution in [0.15, 0.2) is 18.2 Å². The first kappa shape index (κ1) is 18.2. The van der Waals surface area contributed by atoms with Gasteiger partial charge in [0, 0.05) is 12.5 Å². The van der Waals surface area contributed by atoms with Crippen molar-refractivity contribution >= 4 is 17.3 Å². The summed E-state index contributed by atoms with van der Waals surface area (Å²) in [7, 11) is 1.81. The minimum atomic E-state index is -0.513. The molecule has 1 aromatic carbocycles. The maximum atomic E-state index is 11.6. The van der Waals surface area contributed by atoms with Crippen LogP contribution >= 0.6 is 12.2 Å². The van der Waals surface area contributed by atoms with E-state index in [9.17, 15) is 5.11 Å². The van der Waals surface area contributed by atoms with Gasteiger partial charge >= 0.3 is 0 Å². The van der Waals surface area contributed by atoms with E-state index in [0.29, 0.717) is 11.2 Å². The molecule has 1 aromatic rings. The Hall–Kier alpha value is -1.17. The second-order valence-electron chi connectivity index (χ2n) is 8.42. The quantitative estimate of drug-likeness (QED) is 0.695. The van der Waals surface area contributed by atoms with E-state index in [0.717, 1.165) is 38.5 Å². The predicted molar refractivity (Wildman–Crippen MR) is 107 cm³/mol. The Morgan fingerprint density at radius 3 is 2.69 bits per heavy atom. The minimum absolute atomic E-state index is 0.0167. The lowest BCUT2D eigenvalue weighted by Gasteiger charge is -2.57. The molecule has 3 unspecified atom stereocenters. The van der Waals surface area contributed by atoms with Crippen molar-refractivity contribution in [3.63, 3.8) is 0 Å². The molecule has 5 heteroatoms. The third-order valence-corrected chi connectivity index (χ3v) is 7.39. The normalized spacial score (nSPS) is 38.9. The van der Waals surface area contributed by atoms with E-state index >= 15 is 0 Å². The van der Waals surface area contributed by atoms with E-state index in [2.05, 4.69) is 42.7 Å². The van der Waals surface area contributed by atoms with Crippen molar-refractivity contribution in [2.24, 2.45) is 5.41 Å². The van der Waals surface area contributed by atoms with E-state index in [4.69, 9.17) is 17.0 Å². The Morgan fingerprint density at radius 1 is 1.31 bits per heavy atom. The number of fused-ring (bicyclic) bond motifs is 3. The molecule has 1 saturated carbocycles. The molecule has 1 aliphatic heterocycles. The molecule has 3 N–H and O–H groups in total. The van der Waals surface area contributed by atoms with Gasteiger partial charge in [-0.2, -0.15) is 0 Å². The van der Waals surface area contributed by atoms with Crippen molar-refractivity contribution in [3.05, 3.63) is 34.9 Å². The highest BCUT2D eigenvalue weighted by Gasteiger charge is 2.64. The number of ether oxygens (including phenoxy) is 1. The van der Waals surface area contributed by atoms with Crippen LogP contribution in [-0.2, 0) is 16.7 Å². The maximum absolute atomic E-state index is 11.6. The minimum Gasteiger partial charge on any atom is -0.388 e. The third-order valence-electron chi connectivity index (χ3n) is 7.17. The molecule has 4 rings (SSSR count). The molecule has 2 spiro atoms. The summed E-state index contributed by atoms with van der Waals surface area (Å²) < 4.78 is 5.64. The molecule has 2 fully saturated rings. The van der Waals surface area contributed by atoms with Crippen molar-refractivity contribution in [3.8, 4) is 0 Å². The number of nitrogens with one attached hydrogen (secondary N) is 2. The Labute approximate surface area is 161 Å². The number of methoxy groups -OCH3 is 1. The van der Waals surface area contributed by atoms with Gasteiger partial charge in [-0.1, -0.05) is 30.7 Å². The zero-order chi connectivity index (χ0) is 18.5. The fourth-order valence-electron chi connectivity index (χ4n) is 5.79. The summed E-state index contributed by atoms with van der Waals surface area (Å²) in [5, 5.41) is 19.2. The summed E-state index contributed by atoms with van der Waals surface area (Å²) in [5.74, 6) is 0. The smallest absolute Gasteiger partial charge is 0.167 e. The molecular formula is C21H30N2O2S. The van der Waals surface area contributed by atoms with Crippen molar-refractivity contribution in [1.82, 2.24) is 10.6 Å². The summed E-state index contributed by atoms with van der Waals surface area (Å²) in [5.41, 5.74) is 3.32. The Kier molecular flexibility index (Phi) is 4.53. The molecule has 0 amide bonds. The van der Waals surface area contributed by atoms with E-state index in [1.165, 1.54) is 16.7 Å². The maximum Gasteiger partial charge on any atom is 0.167 e. The van der Waals surface area contributed by atoms with Gasteiger partial charge in [-0.3, -0.25) is 0 Å². The fourth-order valence-corrected chi connectivity index (χ4v) is 6.10. The average Bonchev–Trinajstić information content (AvgIpc) is 2.89. The Balaban J connectivity index is 1.86. The highest BCUT2D eigenvalue weighted by Crippen LogP contribution is 2.60. The second-order valence-corrected chi connectivity index (χ2v) is 8.83. The van der Waals surface area contributed by atoms with Gasteiger partial charge in [-0.25, -0.2) is 0 Å². The van der Waals surface area contributed by atoms with E-state index in [1.807, 2.05) is 7.11 Å². The van der Waals surface area contributed by atoms with Crippen molar-refractivity contribution in [2.75, 3.05) is 7.11 Å². The third kappa shape index (κ3) is 2.44. The number of hydrogen-bond acceptors (Lipinski definition) is 3. The monoisotopic (exact) mass is 374 g/mol. The van der Waals surface area contributed by atoms with Crippen LogP contribution < -0.4 is 10.6 Å². The first-order chi connectivity index (χ1) is 12.5.